The Balaban J connectivity index is 1.49. The first kappa shape index (κ1) is 14.0. The van der Waals surface area contributed by atoms with Crippen LogP contribution in [-0.4, -0.2) is 21.3 Å². The fourth-order valence-corrected chi connectivity index (χ4v) is 3.12. The average molecular weight is 298 g/mol. The second kappa shape index (κ2) is 6.65. The highest BCUT2D eigenvalue weighted by Crippen LogP contribution is 2.27. The minimum absolute atomic E-state index is 0.859. The molecular formula is C16H18N4S. The molecular weight excluding hydrogens is 280 g/mol. The van der Waals surface area contributed by atoms with Gasteiger partial charge in [-0.15, -0.1) is 11.3 Å². The summed E-state index contributed by atoms with van der Waals surface area (Å²) in [4.78, 5) is 6.89. The summed E-state index contributed by atoms with van der Waals surface area (Å²) in [5, 5.41) is 7.71. The lowest BCUT2D eigenvalue weighted by molar-refractivity contribution is 0.665. The van der Waals surface area contributed by atoms with E-state index in [1.54, 1.807) is 11.0 Å². The van der Waals surface area contributed by atoms with Crippen molar-refractivity contribution in [2.75, 3.05) is 6.54 Å². The molecule has 4 nitrogen and oxygen atoms in total. The molecule has 0 aliphatic carbocycles. The van der Waals surface area contributed by atoms with Crippen molar-refractivity contribution in [3.05, 3.63) is 59.5 Å². The first-order chi connectivity index (χ1) is 10.3. The smallest absolute Gasteiger partial charge is 0.151 e. The van der Waals surface area contributed by atoms with Crippen LogP contribution in [0.1, 0.15) is 10.7 Å². The fourth-order valence-electron chi connectivity index (χ4n) is 2.14. The number of nitrogens with one attached hydrogen (secondary N) is 1. The molecule has 2 heterocycles. The fraction of sp³-hybridized carbons (Fsp3) is 0.250. The molecule has 5 heteroatoms. The van der Waals surface area contributed by atoms with E-state index in [9.17, 15) is 0 Å². The van der Waals surface area contributed by atoms with Crippen LogP contribution in [0.3, 0.4) is 0 Å². The summed E-state index contributed by atoms with van der Waals surface area (Å²) in [5.74, 6) is 0.890. The molecule has 0 aliphatic rings. The van der Waals surface area contributed by atoms with Crippen LogP contribution >= 0.6 is 11.3 Å². The van der Waals surface area contributed by atoms with Gasteiger partial charge in [0.15, 0.2) is 5.82 Å². The number of hydrogen-bond donors (Lipinski definition) is 1. The van der Waals surface area contributed by atoms with Crippen molar-refractivity contribution < 1.29 is 0 Å². The van der Waals surface area contributed by atoms with Gasteiger partial charge in [0.25, 0.3) is 0 Å². The molecule has 108 valence electrons. The van der Waals surface area contributed by atoms with Gasteiger partial charge in [0.05, 0.1) is 0 Å². The summed E-state index contributed by atoms with van der Waals surface area (Å²) in [5.41, 5.74) is 1.28. The summed E-state index contributed by atoms with van der Waals surface area (Å²) in [6.07, 6.45) is 2.60. The van der Waals surface area contributed by atoms with E-state index in [0.29, 0.717) is 0 Å². The van der Waals surface area contributed by atoms with Crippen molar-refractivity contribution in [2.24, 2.45) is 7.05 Å². The molecule has 0 saturated carbocycles. The summed E-state index contributed by atoms with van der Waals surface area (Å²) in [6.45, 7) is 1.78. The molecule has 0 spiro atoms. The van der Waals surface area contributed by atoms with Crippen LogP contribution in [0.5, 0.6) is 0 Å². The van der Waals surface area contributed by atoms with E-state index >= 15 is 0 Å². The van der Waals surface area contributed by atoms with E-state index in [-0.39, 0.29) is 0 Å². The van der Waals surface area contributed by atoms with Crippen LogP contribution in [0.25, 0.3) is 10.4 Å². The maximum absolute atomic E-state index is 4.27. The van der Waals surface area contributed by atoms with E-state index in [1.807, 2.05) is 24.5 Å². The Kier molecular flexibility index (Phi) is 4.43. The van der Waals surface area contributed by atoms with Crippen LogP contribution < -0.4 is 5.32 Å². The van der Waals surface area contributed by atoms with E-state index < -0.39 is 0 Å². The number of aromatic nitrogens is 3. The topological polar surface area (TPSA) is 42.7 Å². The highest BCUT2D eigenvalue weighted by Gasteiger charge is 2.03. The van der Waals surface area contributed by atoms with E-state index in [0.717, 1.165) is 25.3 Å². The van der Waals surface area contributed by atoms with Crippen molar-refractivity contribution in [1.29, 1.82) is 0 Å². The highest BCUT2D eigenvalue weighted by atomic mass is 32.1. The van der Waals surface area contributed by atoms with Gasteiger partial charge in [-0.25, -0.2) is 4.98 Å². The van der Waals surface area contributed by atoms with Crippen molar-refractivity contribution in [3.63, 3.8) is 0 Å². The van der Waals surface area contributed by atoms with Gasteiger partial charge < -0.3 is 5.32 Å². The molecule has 0 unspecified atom stereocenters. The molecule has 0 atom stereocenters. The second-order valence-electron chi connectivity index (χ2n) is 4.89. The Bertz CT molecular complexity index is 687. The van der Waals surface area contributed by atoms with Crippen molar-refractivity contribution in [1.82, 2.24) is 20.1 Å². The second-order valence-corrected chi connectivity index (χ2v) is 6.06. The van der Waals surface area contributed by atoms with E-state index in [2.05, 4.69) is 51.8 Å². The van der Waals surface area contributed by atoms with Gasteiger partial charge >= 0.3 is 0 Å². The molecule has 2 aromatic heterocycles. The number of thiophene rings is 1. The van der Waals surface area contributed by atoms with Crippen LogP contribution in [-0.2, 0) is 20.0 Å². The summed E-state index contributed by atoms with van der Waals surface area (Å²) < 4.78 is 1.74. The van der Waals surface area contributed by atoms with Crippen LogP contribution in [0.2, 0.25) is 0 Å². The molecule has 0 fully saturated rings. The molecule has 3 rings (SSSR count). The maximum Gasteiger partial charge on any atom is 0.151 e. The first-order valence-electron chi connectivity index (χ1n) is 7.00. The molecule has 21 heavy (non-hydrogen) atoms. The Hall–Kier alpha value is -1.98. The standard InChI is InChI=1S/C16H18N4S/c1-20-12-18-16(19-20)9-10-17-11-14-7-8-15(21-14)13-5-3-2-4-6-13/h2-8,12,17H,9-11H2,1H3. The van der Waals surface area contributed by atoms with Gasteiger partial charge in [-0.3, -0.25) is 4.68 Å². The van der Waals surface area contributed by atoms with Crippen LogP contribution in [0, 0.1) is 0 Å². The van der Waals surface area contributed by atoms with Crippen molar-refractivity contribution in [3.8, 4) is 10.4 Å². The SMILES string of the molecule is Cn1cnc(CCNCc2ccc(-c3ccccc3)s2)n1. The molecule has 0 radical (unpaired) electrons. The van der Waals surface area contributed by atoms with Crippen LogP contribution in [0.4, 0.5) is 0 Å². The third-order valence-corrected chi connectivity index (χ3v) is 4.33. The zero-order chi connectivity index (χ0) is 14.5. The van der Waals surface area contributed by atoms with Crippen molar-refractivity contribution >= 4 is 11.3 Å². The predicted octanol–water partition coefficient (Wildman–Crippen LogP) is 2.88. The molecule has 0 aliphatic heterocycles. The normalized spacial score (nSPS) is 10.9. The lowest BCUT2D eigenvalue weighted by atomic mass is 10.2. The molecule has 0 saturated heterocycles. The molecule has 0 bridgehead atoms. The van der Waals surface area contributed by atoms with Gasteiger partial charge in [0, 0.05) is 36.3 Å². The monoisotopic (exact) mass is 298 g/mol. The van der Waals surface area contributed by atoms with Gasteiger partial charge in [0.1, 0.15) is 6.33 Å². The Morgan fingerprint density at radius 1 is 1.14 bits per heavy atom. The number of benzene rings is 1. The molecule has 3 aromatic rings. The number of hydrogen-bond acceptors (Lipinski definition) is 4. The van der Waals surface area contributed by atoms with Crippen molar-refractivity contribution in [2.45, 2.75) is 13.0 Å². The summed E-state index contributed by atoms with van der Waals surface area (Å²) in [6, 6.07) is 14.9. The third kappa shape index (κ3) is 3.77. The summed E-state index contributed by atoms with van der Waals surface area (Å²) in [7, 11) is 1.89. The van der Waals surface area contributed by atoms with E-state index in [1.165, 1.54) is 15.3 Å². The highest BCUT2D eigenvalue weighted by molar-refractivity contribution is 7.15. The average Bonchev–Trinajstić information content (AvgIpc) is 3.14. The number of aryl methyl sites for hydroxylation is 1. The minimum Gasteiger partial charge on any atom is -0.311 e. The molecule has 1 N–H and O–H groups in total. The third-order valence-electron chi connectivity index (χ3n) is 3.19. The largest absolute Gasteiger partial charge is 0.311 e. The zero-order valence-corrected chi connectivity index (χ0v) is 12.8. The maximum atomic E-state index is 4.27. The van der Waals surface area contributed by atoms with E-state index in [4.69, 9.17) is 0 Å². The Labute approximate surface area is 128 Å². The van der Waals surface area contributed by atoms with Gasteiger partial charge in [0.2, 0.25) is 0 Å². The Morgan fingerprint density at radius 2 is 2.00 bits per heavy atom. The lowest BCUT2D eigenvalue weighted by Gasteiger charge is -2.00. The number of rotatable bonds is 6. The predicted molar refractivity (Wildman–Crippen MR) is 86.2 cm³/mol. The van der Waals surface area contributed by atoms with Crippen LogP contribution in [0.15, 0.2) is 48.8 Å². The minimum atomic E-state index is 0.859. The summed E-state index contributed by atoms with van der Waals surface area (Å²) >= 11 is 1.84. The van der Waals surface area contributed by atoms with Gasteiger partial charge in [-0.1, -0.05) is 30.3 Å². The quantitative estimate of drug-likeness (QED) is 0.712. The zero-order valence-electron chi connectivity index (χ0n) is 12.0. The first-order valence-corrected chi connectivity index (χ1v) is 7.82. The Morgan fingerprint density at radius 3 is 2.76 bits per heavy atom. The number of nitrogens with zero attached hydrogens (tertiary/aromatic N) is 3. The van der Waals surface area contributed by atoms with Gasteiger partial charge in [-0.05, 0) is 17.7 Å². The molecule has 0 amide bonds. The van der Waals surface area contributed by atoms with Gasteiger partial charge in [-0.2, -0.15) is 5.10 Å². The lowest BCUT2D eigenvalue weighted by Crippen LogP contribution is -2.16. The molecule has 1 aromatic carbocycles.